The number of halogens is 6. The molecule has 20 heteroatoms. The van der Waals surface area contributed by atoms with Crippen molar-refractivity contribution in [3.8, 4) is 34.0 Å². The van der Waals surface area contributed by atoms with E-state index in [-0.39, 0.29) is 83.0 Å². The number of nitrogens with zero attached hydrogens (tertiary/aromatic N) is 5. The Kier molecular flexibility index (Phi) is 10.6. The van der Waals surface area contributed by atoms with Crippen LogP contribution in [-0.2, 0) is 12.4 Å². The summed E-state index contributed by atoms with van der Waals surface area (Å²) in [6, 6.07) is 9.71. The Morgan fingerprint density at radius 1 is 0.782 bits per heavy atom. The van der Waals surface area contributed by atoms with Crippen LogP contribution >= 0.6 is 0 Å². The minimum Gasteiger partial charge on any atom is -0.481 e. The number of carbonyl (C=O) groups excluding carboxylic acids is 2. The quantitative estimate of drug-likeness (QED) is 0.134. The number of methoxy groups -OCH3 is 2. The summed E-state index contributed by atoms with van der Waals surface area (Å²) in [5, 5.41) is 34.2. The van der Waals surface area contributed by atoms with Gasteiger partial charge in [-0.15, -0.1) is 0 Å². The molecule has 1 saturated heterocycles. The third-order valence-corrected chi connectivity index (χ3v) is 8.46. The molecular formula is C35H30F6N8O6. The smallest absolute Gasteiger partial charge is 0.416 e. The molecule has 55 heavy (non-hydrogen) atoms. The number of likely N-dealkylation sites (tertiary alicyclic amines) is 1. The van der Waals surface area contributed by atoms with E-state index in [0.717, 1.165) is 24.3 Å². The predicted molar refractivity (Wildman–Crippen MR) is 183 cm³/mol. The molecule has 2 aromatic carbocycles. The van der Waals surface area contributed by atoms with Gasteiger partial charge in [0.1, 0.15) is 11.4 Å². The number of alkyl halides is 6. The number of fused-ring (bicyclic) bond motifs is 2. The second-order valence-electron chi connectivity index (χ2n) is 12.1. The largest absolute Gasteiger partial charge is 0.481 e. The average molecular weight is 773 g/mol. The van der Waals surface area contributed by atoms with Crippen molar-refractivity contribution < 1.29 is 55.6 Å². The second kappa shape index (κ2) is 15.2. The predicted octanol–water partition coefficient (Wildman–Crippen LogP) is 4.84. The van der Waals surface area contributed by atoms with Crippen molar-refractivity contribution in [3.05, 3.63) is 83.4 Å². The van der Waals surface area contributed by atoms with Crippen LogP contribution in [0.3, 0.4) is 0 Å². The van der Waals surface area contributed by atoms with Crippen LogP contribution in [-0.4, -0.2) is 104 Å². The van der Waals surface area contributed by atoms with Crippen LogP contribution < -0.4 is 14.8 Å². The number of rotatable bonds is 8. The number of β-amino-alcohol motifs (C(OH)–C–C–N with tert-alkyl or cyclic N) is 1. The first-order valence-electron chi connectivity index (χ1n) is 16.2. The van der Waals surface area contributed by atoms with E-state index in [0.29, 0.717) is 16.3 Å². The molecule has 4 aromatic heterocycles. The Bertz CT molecular complexity index is 2370. The molecule has 1 fully saturated rings. The van der Waals surface area contributed by atoms with Gasteiger partial charge in [0.05, 0.1) is 61.5 Å². The van der Waals surface area contributed by atoms with Gasteiger partial charge >= 0.3 is 12.4 Å². The zero-order valence-electron chi connectivity index (χ0n) is 28.7. The van der Waals surface area contributed by atoms with Crippen LogP contribution in [0.1, 0.15) is 32.1 Å². The lowest BCUT2D eigenvalue weighted by atomic mass is 9.99. The molecule has 7 rings (SSSR count). The second-order valence-corrected chi connectivity index (χ2v) is 12.1. The summed E-state index contributed by atoms with van der Waals surface area (Å²) in [6.45, 7) is 0.249. The van der Waals surface area contributed by atoms with Crippen molar-refractivity contribution in [1.82, 2.24) is 40.6 Å². The minimum absolute atomic E-state index is 0.00604. The van der Waals surface area contributed by atoms with E-state index in [9.17, 15) is 41.0 Å². The molecule has 0 aliphatic carbocycles. The van der Waals surface area contributed by atoms with Crippen molar-refractivity contribution >= 4 is 33.6 Å². The zero-order valence-corrected chi connectivity index (χ0v) is 28.7. The average Bonchev–Trinajstić information content (AvgIpc) is 3.84. The Morgan fingerprint density at radius 2 is 1.25 bits per heavy atom. The van der Waals surface area contributed by atoms with Gasteiger partial charge in [-0.05, 0) is 59.7 Å². The van der Waals surface area contributed by atoms with Gasteiger partial charge < -0.3 is 29.9 Å². The van der Waals surface area contributed by atoms with Crippen molar-refractivity contribution in [2.45, 2.75) is 18.5 Å². The third kappa shape index (κ3) is 7.99. The molecule has 5 heterocycles. The lowest BCUT2D eigenvalue weighted by Gasteiger charge is -2.35. The van der Waals surface area contributed by atoms with Crippen molar-refractivity contribution in [2.24, 2.45) is 0 Å². The topological polar surface area (TPSA) is 191 Å². The fourth-order valence-electron chi connectivity index (χ4n) is 5.77. The monoisotopic (exact) mass is 772 g/mol. The molecule has 5 N–H and O–H groups in total. The minimum atomic E-state index is -4.54. The third-order valence-electron chi connectivity index (χ3n) is 8.46. The maximum Gasteiger partial charge on any atom is 0.416 e. The highest BCUT2D eigenvalue weighted by atomic mass is 19.4. The number of aliphatic hydroxyl groups is 2. The maximum absolute atomic E-state index is 13.3. The molecule has 1 aliphatic heterocycles. The summed E-state index contributed by atoms with van der Waals surface area (Å²) in [4.78, 5) is 34.0. The fraction of sp³-hybridized carbons (Fsp3) is 0.257. The van der Waals surface area contributed by atoms with E-state index in [1.807, 2.05) is 0 Å². The number of pyridine rings is 2. The van der Waals surface area contributed by atoms with Crippen molar-refractivity contribution in [1.29, 1.82) is 0 Å². The number of ether oxygens (including phenoxy) is 2. The molecule has 0 unspecified atom stereocenters. The van der Waals surface area contributed by atoms with Crippen LogP contribution in [0.15, 0.2) is 60.9 Å². The number of aromatic amines is 2. The molecule has 0 bridgehead atoms. The van der Waals surface area contributed by atoms with Gasteiger partial charge in [0, 0.05) is 41.5 Å². The van der Waals surface area contributed by atoms with Gasteiger partial charge in [0.25, 0.3) is 11.8 Å². The maximum atomic E-state index is 13.3. The Balaban J connectivity index is 0.000000187. The number of H-pyrrole nitrogens is 2. The number of hydrogen-bond donors (Lipinski definition) is 5. The standard InChI is InChI=1S/C18H15F3N4O3.C17H15F3N4O3/c1-28-16-11(2-3-14(23-16)17(27)25-7-10(26)8-25)12-4-9(18(19,20)21)5-15-13(12)6-22-24-15;1-27-16-10(2-3-13(23-16)15(26)21-4-5-25)11-6-9(17(18,19)20)7-14-12(11)8-22-24-14/h2-6,10,26H,7-8H2,1H3,(H,22,24);2-3,6-8,25H,4-5H2,1H3,(H,21,26)(H,22,24). The van der Waals surface area contributed by atoms with Gasteiger partial charge in [-0.2, -0.15) is 36.5 Å². The van der Waals surface area contributed by atoms with E-state index in [1.165, 1.54) is 55.8 Å². The first-order valence-corrected chi connectivity index (χ1v) is 16.2. The highest BCUT2D eigenvalue weighted by molar-refractivity contribution is 5.99. The van der Waals surface area contributed by atoms with E-state index < -0.39 is 35.5 Å². The Morgan fingerprint density at radius 3 is 1.69 bits per heavy atom. The normalized spacial score (nSPS) is 13.3. The first-order chi connectivity index (χ1) is 26.1. The fourth-order valence-corrected chi connectivity index (χ4v) is 5.77. The van der Waals surface area contributed by atoms with E-state index >= 15 is 0 Å². The number of carbonyl (C=O) groups is 2. The molecule has 0 radical (unpaired) electrons. The number of benzene rings is 2. The Hall–Kier alpha value is -6.28. The number of aromatic nitrogens is 6. The summed E-state index contributed by atoms with van der Waals surface area (Å²) in [6.07, 6.45) is -6.80. The van der Waals surface area contributed by atoms with E-state index in [2.05, 4.69) is 35.7 Å². The van der Waals surface area contributed by atoms with Gasteiger partial charge in [-0.1, -0.05) is 0 Å². The van der Waals surface area contributed by atoms with E-state index in [1.54, 1.807) is 0 Å². The summed E-state index contributed by atoms with van der Waals surface area (Å²) in [5.74, 6) is -0.902. The lowest BCUT2D eigenvalue weighted by molar-refractivity contribution is -0.138. The van der Waals surface area contributed by atoms with Gasteiger partial charge in [-0.25, -0.2) is 9.97 Å². The molecule has 1 aliphatic rings. The number of amides is 2. The van der Waals surface area contributed by atoms with Crippen molar-refractivity contribution in [2.75, 3.05) is 40.5 Å². The molecule has 6 aromatic rings. The van der Waals surface area contributed by atoms with Gasteiger partial charge in [0.2, 0.25) is 11.8 Å². The number of nitrogens with one attached hydrogen (secondary N) is 3. The number of aliphatic hydroxyl groups excluding tert-OH is 2. The van der Waals surface area contributed by atoms with Crippen LogP contribution in [0.25, 0.3) is 44.1 Å². The SMILES string of the molecule is COc1nc(C(=O)N2CC(O)C2)ccc1-c1cc(C(F)(F)F)cc2[nH]ncc12.COc1nc(C(=O)NCCO)ccc1-c1cc(C(F)(F)F)cc2[nH]ncc12. The first kappa shape index (κ1) is 38.4. The summed E-state index contributed by atoms with van der Waals surface area (Å²) in [7, 11) is 2.63. The molecule has 2 amide bonds. The molecule has 0 spiro atoms. The molecular weight excluding hydrogens is 742 g/mol. The molecule has 0 saturated carbocycles. The highest BCUT2D eigenvalue weighted by Gasteiger charge is 2.34. The Labute approximate surface area is 306 Å². The molecule has 288 valence electrons. The van der Waals surface area contributed by atoms with Crippen LogP contribution in [0.4, 0.5) is 26.3 Å². The van der Waals surface area contributed by atoms with Crippen LogP contribution in [0, 0.1) is 0 Å². The summed E-state index contributed by atoms with van der Waals surface area (Å²) >= 11 is 0. The highest BCUT2D eigenvalue weighted by Crippen LogP contribution is 2.41. The summed E-state index contributed by atoms with van der Waals surface area (Å²) in [5.41, 5.74) is -0.0943. The van der Waals surface area contributed by atoms with Gasteiger partial charge in [-0.3, -0.25) is 19.8 Å². The van der Waals surface area contributed by atoms with Crippen LogP contribution in [0.2, 0.25) is 0 Å². The van der Waals surface area contributed by atoms with E-state index in [4.69, 9.17) is 14.6 Å². The lowest BCUT2D eigenvalue weighted by Crippen LogP contribution is -2.53. The summed E-state index contributed by atoms with van der Waals surface area (Å²) < 4.78 is 90.0. The van der Waals surface area contributed by atoms with Gasteiger partial charge in [0.15, 0.2) is 0 Å². The van der Waals surface area contributed by atoms with Crippen LogP contribution in [0.5, 0.6) is 11.8 Å². The zero-order chi connectivity index (χ0) is 39.7. The van der Waals surface area contributed by atoms with Crippen molar-refractivity contribution in [3.63, 3.8) is 0 Å². The molecule has 0 atom stereocenters. The number of hydrogen-bond acceptors (Lipinski definition) is 10. The molecule has 14 nitrogen and oxygen atoms in total.